The molecule has 0 radical (unpaired) electrons. The minimum absolute atomic E-state index is 0.461. The Balaban J connectivity index is 1.90. The van der Waals surface area contributed by atoms with Crippen LogP contribution in [0.15, 0.2) is 24.3 Å². The number of ether oxygens (including phenoxy) is 1. The van der Waals surface area contributed by atoms with Crippen LogP contribution in [-0.2, 0) is 11.2 Å². The zero-order chi connectivity index (χ0) is 12.8. The fraction of sp³-hybridized carbons (Fsp3) is 0.571. The molecule has 1 heterocycles. The molecular weight excluding hydrogens is 248 g/mol. The van der Waals surface area contributed by atoms with E-state index in [0.29, 0.717) is 12.5 Å². The van der Waals surface area contributed by atoms with E-state index in [4.69, 9.17) is 22.1 Å². The number of halogens is 1. The molecule has 0 bridgehead atoms. The first-order valence-electron chi connectivity index (χ1n) is 6.53. The number of benzene rings is 1. The molecule has 1 aromatic rings. The van der Waals surface area contributed by atoms with Gasteiger partial charge in [0.25, 0.3) is 0 Å². The van der Waals surface area contributed by atoms with Crippen LogP contribution in [-0.4, -0.2) is 44.3 Å². The van der Waals surface area contributed by atoms with Gasteiger partial charge < -0.3 is 10.5 Å². The first-order valence-corrected chi connectivity index (χ1v) is 6.91. The lowest BCUT2D eigenvalue weighted by Crippen LogP contribution is -2.41. The topological polar surface area (TPSA) is 38.5 Å². The maximum atomic E-state index is 6.19. The third kappa shape index (κ3) is 3.95. The van der Waals surface area contributed by atoms with Crippen molar-refractivity contribution in [3.63, 3.8) is 0 Å². The standard InChI is InChI=1S/C14H21ClN2O/c15-14-4-2-1-3-13(14)9-12(10-16)11-17-5-7-18-8-6-17/h1-4,12H,5-11,16H2. The van der Waals surface area contributed by atoms with Gasteiger partial charge in [-0.1, -0.05) is 29.8 Å². The van der Waals surface area contributed by atoms with Crippen LogP contribution in [0.4, 0.5) is 0 Å². The molecule has 0 amide bonds. The summed E-state index contributed by atoms with van der Waals surface area (Å²) in [5.74, 6) is 0.461. The van der Waals surface area contributed by atoms with Gasteiger partial charge in [0.05, 0.1) is 13.2 Å². The molecule has 1 atom stereocenters. The third-order valence-electron chi connectivity index (χ3n) is 3.42. The lowest BCUT2D eigenvalue weighted by Gasteiger charge is -2.30. The van der Waals surface area contributed by atoms with Crippen LogP contribution in [0.3, 0.4) is 0 Å². The predicted molar refractivity (Wildman–Crippen MR) is 75.0 cm³/mol. The molecule has 1 saturated heterocycles. The molecule has 0 aliphatic carbocycles. The van der Waals surface area contributed by atoms with E-state index in [1.165, 1.54) is 5.56 Å². The Hall–Kier alpha value is -0.610. The Morgan fingerprint density at radius 3 is 2.67 bits per heavy atom. The molecule has 4 heteroatoms. The second-order valence-electron chi connectivity index (χ2n) is 4.81. The summed E-state index contributed by atoms with van der Waals surface area (Å²) in [6.45, 7) is 5.43. The van der Waals surface area contributed by atoms with Gasteiger partial charge in [-0.25, -0.2) is 0 Å². The Labute approximate surface area is 114 Å². The number of rotatable bonds is 5. The Kier molecular flexibility index (Phi) is 5.45. The highest BCUT2D eigenvalue weighted by Crippen LogP contribution is 2.19. The summed E-state index contributed by atoms with van der Waals surface area (Å²) in [7, 11) is 0. The van der Waals surface area contributed by atoms with Crippen molar-refractivity contribution in [3.05, 3.63) is 34.9 Å². The maximum Gasteiger partial charge on any atom is 0.0594 e. The van der Waals surface area contributed by atoms with Gasteiger partial charge >= 0.3 is 0 Å². The number of morpholine rings is 1. The SMILES string of the molecule is NCC(Cc1ccccc1Cl)CN1CCOCC1. The highest BCUT2D eigenvalue weighted by molar-refractivity contribution is 6.31. The van der Waals surface area contributed by atoms with E-state index in [0.717, 1.165) is 44.3 Å². The second kappa shape index (κ2) is 7.10. The van der Waals surface area contributed by atoms with Crippen molar-refractivity contribution >= 4 is 11.6 Å². The Bertz CT molecular complexity index is 367. The molecule has 0 aromatic heterocycles. The summed E-state index contributed by atoms with van der Waals surface area (Å²) >= 11 is 6.19. The monoisotopic (exact) mass is 268 g/mol. The van der Waals surface area contributed by atoms with Crippen LogP contribution < -0.4 is 5.73 Å². The van der Waals surface area contributed by atoms with Crippen molar-refractivity contribution < 1.29 is 4.74 Å². The number of nitrogens with two attached hydrogens (primary N) is 1. The molecular formula is C14H21ClN2O. The van der Waals surface area contributed by atoms with Gasteiger partial charge in [0.2, 0.25) is 0 Å². The lowest BCUT2D eigenvalue weighted by molar-refractivity contribution is 0.0312. The first kappa shape index (κ1) is 13.8. The molecule has 18 heavy (non-hydrogen) atoms. The minimum Gasteiger partial charge on any atom is -0.379 e. The van der Waals surface area contributed by atoms with E-state index < -0.39 is 0 Å². The van der Waals surface area contributed by atoms with Gasteiger partial charge in [-0.2, -0.15) is 0 Å². The van der Waals surface area contributed by atoms with E-state index in [1.807, 2.05) is 18.2 Å². The molecule has 2 rings (SSSR count). The summed E-state index contributed by atoms with van der Waals surface area (Å²) in [6, 6.07) is 8.03. The van der Waals surface area contributed by atoms with Gasteiger partial charge in [0, 0.05) is 24.7 Å². The molecule has 1 aromatic carbocycles. The fourth-order valence-electron chi connectivity index (χ4n) is 2.35. The summed E-state index contributed by atoms with van der Waals surface area (Å²) in [4.78, 5) is 2.43. The minimum atomic E-state index is 0.461. The van der Waals surface area contributed by atoms with E-state index in [9.17, 15) is 0 Å². The summed E-state index contributed by atoms with van der Waals surface area (Å²) < 4.78 is 5.36. The molecule has 3 nitrogen and oxygen atoms in total. The Morgan fingerprint density at radius 1 is 1.28 bits per heavy atom. The zero-order valence-electron chi connectivity index (χ0n) is 10.6. The van der Waals surface area contributed by atoms with Gasteiger partial charge in [0.15, 0.2) is 0 Å². The third-order valence-corrected chi connectivity index (χ3v) is 3.79. The predicted octanol–water partition coefficient (Wildman–Crippen LogP) is 1.79. The van der Waals surface area contributed by atoms with Crippen LogP contribution >= 0.6 is 11.6 Å². The summed E-state index contributed by atoms with van der Waals surface area (Å²) in [6.07, 6.45) is 0.952. The van der Waals surface area contributed by atoms with Crippen molar-refractivity contribution in [2.45, 2.75) is 6.42 Å². The molecule has 0 saturated carbocycles. The average molecular weight is 269 g/mol. The van der Waals surface area contributed by atoms with Crippen LogP contribution in [0.2, 0.25) is 5.02 Å². The second-order valence-corrected chi connectivity index (χ2v) is 5.22. The van der Waals surface area contributed by atoms with E-state index in [-0.39, 0.29) is 0 Å². The molecule has 1 aliphatic heterocycles. The molecule has 0 spiro atoms. The molecule has 1 fully saturated rings. The molecule has 2 N–H and O–H groups in total. The number of nitrogens with zero attached hydrogens (tertiary/aromatic N) is 1. The quantitative estimate of drug-likeness (QED) is 0.885. The van der Waals surface area contributed by atoms with E-state index in [2.05, 4.69) is 11.0 Å². The Morgan fingerprint density at radius 2 is 2.00 bits per heavy atom. The van der Waals surface area contributed by atoms with Crippen molar-refractivity contribution in [1.29, 1.82) is 0 Å². The largest absolute Gasteiger partial charge is 0.379 e. The lowest BCUT2D eigenvalue weighted by atomic mass is 9.98. The van der Waals surface area contributed by atoms with E-state index in [1.54, 1.807) is 0 Å². The van der Waals surface area contributed by atoms with Crippen LogP contribution in [0.5, 0.6) is 0 Å². The zero-order valence-corrected chi connectivity index (χ0v) is 11.4. The van der Waals surface area contributed by atoms with E-state index >= 15 is 0 Å². The van der Waals surface area contributed by atoms with Crippen LogP contribution in [0.1, 0.15) is 5.56 Å². The van der Waals surface area contributed by atoms with Gasteiger partial charge in [0.1, 0.15) is 0 Å². The molecule has 1 aliphatic rings. The van der Waals surface area contributed by atoms with Crippen LogP contribution in [0.25, 0.3) is 0 Å². The van der Waals surface area contributed by atoms with Crippen LogP contribution in [0, 0.1) is 5.92 Å². The number of hydrogen-bond acceptors (Lipinski definition) is 3. The van der Waals surface area contributed by atoms with Crippen molar-refractivity contribution in [3.8, 4) is 0 Å². The summed E-state index contributed by atoms with van der Waals surface area (Å²) in [5, 5.41) is 0.845. The fourth-order valence-corrected chi connectivity index (χ4v) is 2.56. The molecule has 100 valence electrons. The van der Waals surface area contributed by atoms with Gasteiger partial charge in [-0.05, 0) is 30.5 Å². The van der Waals surface area contributed by atoms with Gasteiger partial charge in [-0.3, -0.25) is 4.90 Å². The smallest absolute Gasteiger partial charge is 0.0594 e. The maximum absolute atomic E-state index is 6.19. The van der Waals surface area contributed by atoms with Gasteiger partial charge in [-0.15, -0.1) is 0 Å². The van der Waals surface area contributed by atoms with Crippen molar-refractivity contribution in [2.75, 3.05) is 39.4 Å². The normalized spacial score (nSPS) is 18.8. The highest BCUT2D eigenvalue weighted by Gasteiger charge is 2.16. The highest BCUT2D eigenvalue weighted by atomic mass is 35.5. The molecule has 1 unspecified atom stereocenters. The summed E-state index contributed by atoms with van der Waals surface area (Å²) in [5.41, 5.74) is 7.08. The first-order chi connectivity index (χ1) is 8.79. The average Bonchev–Trinajstić information content (AvgIpc) is 2.41. The van der Waals surface area contributed by atoms with Crippen molar-refractivity contribution in [1.82, 2.24) is 4.90 Å². The number of hydrogen-bond donors (Lipinski definition) is 1. The van der Waals surface area contributed by atoms with Crippen molar-refractivity contribution in [2.24, 2.45) is 11.7 Å².